The lowest BCUT2D eigenvalue weighted by atomic mass is 10.1. The van der Waals surface area contributed by atoms with Crippen LogP contribution in [0.4, 0.5) is 5.69 Å². The van der Waals surface area contributed by atoms with Gasteiger partial charge in [0.25, 0.3) is 11.5 Å². The fourth-order valence-corrected chi connectivity index (χ4v) is 2.84. The highest BCUT2D eigenvalue weighted by atomic mass is 16.5. The zero-order valence-corrected chi connectivity index (χ0v) is 15.9. The molecule has 28 heavy (non-hydrogen) atoms. The van der Waals surface area contributed by atoms with Crippen molar-refractivity contribution in [3.8, 4) is 11.4 Å². The molecule has 0 unspecified atom stereocenters. The first-order chi connectivity index (χ1) is 13.4. The first-order valence-electron chi connectivity index (χ1n) is 8.76. The first-order valence-corrected chi connectivity index (χ1v) is 8.76. The molecule has 0 atom stereocenters. The number of para-hydroxylation sites is 1. The second-order valence-corrected chi connectivity index (χ2v) is 6.36. The quantitative estimate of drug-likeness (QED) is 0.668. The summed E-state index contributed by atoms with van der Waals surface area (Å²) in [5.74, 6) is -0.134. The van der Waals surface area contributed by atoms with Gasteiger partial charge in [0.2, 0.25) is 0 Å². The number of Topliss-reactive ketones (excluding diaryl/α,β-unsaturated/α-hetero) is 1. The Bertz CT molecular complexity index is 1080. The molecule has 0 saturated heterocycles. The molecule has 0 spiro atoms. The maximum Gasteiger partial charge on any atom is 0.295 e. The number of amides is 1. The topological polar surface area (TPSA) is 82.3 Å². The number of nitrogens with one attached hydrogen (secondary N) is 1. The molecule has 1 amide bonds. The number of benzene rings is 2. The van der Waals surface area contributed by atoms with Gasteiger partial charge in [-0.2, -0.15) is 0 Å². The van der Waals surface area contributed by atoms with Gasteiger partial charge in [-0.15, -0.1) is 0 Å². The molecule has 0 fully saturated rings. The van der Waals surface area contributed by atoms with E-state index in [1.54, 1.807) is 42.9 Å². The highest BCUT2D eigenvalue weighted by molar-refractivity contribution is 5.94. The van der Waals surface area contributed by atoms with Crippen molar-refractivity contribution in [2.75, 3.05) is 11.9 Å². The molecule has 0 radical (unpaired) electrons. The van der Waals surface area contributed by atoms with Crippen molar-refractivity contribution in [2.24, 2.45) is 7.05 Å². The summed E-state index contributed by atoms with van der Waals surface area (Å²) in [6, 6.07) is 15.8. The molecule has 7 nitrogen and oxygen atoms in total. The summed E-state index contributed by atoms with van der Waals surface area (Å²) in [7, 11) is 1.75. The fraction of sp³-hybridized carbons (Fsp3) is 0.190. The van der Waals surface area contributed by atoms with Crippen molar-refractivity contribution >= 4 is 17.4 Å². The van der Waals surface area contributed by atoms with Crippen LogP contribution in [0.25, 0.3) is 5.69 Å². The van der Waals surface area contributed by atoms with Crippen LogP contribution in [0.15, 0.2) is 59.4 Å². The molecule has 2 aromatic carbocycles. The molecular weight excluding hydrogens is 358 g/mol. The Labute approximate surface area is 162 Å². The minimum atomic E-state index is -0.459. The average molecular weight is 379 g/mol. The summed E-state index contributed by atoms with van der Waals surface area (Å²) in [5, 5.41) is 2.63. The highest BCUT2D eigenvalue weighted by Crippen LogP contribution is 2.15. The van der Waals surface area contributed by atoms with Crippen LogP contribution >= 0.6 is 0 Å². The number of carbonyl (C=O) groups excluding carboxylic acids is 2. The highest BCUT2D eigenvalue weighted by Gasteiger charge is 2.18. The molecule has 144 valence electrons. The van der Waals surface area contributed by atoms with Gasteiger partial charge in [-0.3, -0.25) is 19.1 Å². The molecule has 3 rings (SSSR count). The number of nitrogens with zero attached hydrogens (tertiary/aromatic N) is 2. The maximum absolute atomic E-state index is 12.8. The number of aromatic nitrogens is 2. The minimum absolute atomic E-state index is 0.0868. The summed E-state index contributed by atoms with van der Waals surface area (Å²) < 4.78 is 8.63. The smallest absolute Gasteiger partial charge is 0.295 e. The number of hydrogen-bond donors (Lipinski definition) is 1. The molecule has 1 heterocycles. The van der Waals surface area contributed by atoms with E-state index < -0.39 is 5.91 Å². The number of hydrogen-bond acceptors (Lipinski definition) is 4. The van der Waals surface area contributed by atoms with Crippen LogP contribution in [0.1, 0.15) is 23.0 Å². The van der Waals surface area contributed by atoms with Gasteiger partial charge in [0.15, 0.2) is 12.4 Å². The number of ketones is 1. The predicted octanol–water partition coefficient (Wildman–Crippen LogP) is 2.70. The number of ether oxygens (including phenoxy) is 1. The van der Waals surface area contributed by atoms with Crippen LogP contribution in [0, 0.1) is 6.92 Å². The summed E-state index contributed by atoms with van der Waals surface area (Å²) in [5.41, 5.74) is 1.72. The van der Waals surface area contributed by atoms with Crippen molar-refractivity contribution in [3.05, 3.63) is 76.2 Å². The molecule has 1 N–H and O–H groups in total. The van der Waals surface area contributed by atoms with Crippen molar-refractivity contribution in [1.29, 1.82) is 0 Å². The van der Waals surface area contributed by atoms with Gasteiger partial charge in [-0.25, -0.2) is 4.68 Å². The molecule has 3 aromatic rings. The number of anilines is 1. The van der Waals surface area contributed by atoms with Gasteiger partial charge >= 0.3 is 0 Å². The maximum atomic E-state index is 12.8. The molecular formula is C21H21N3O4. The van der Waals surface area contributed by atoms with E-state index >= 15 is 0 Å². The van der Waals surface area contributed by atoms with Crippen LogP contribution in [-0.4, -0.2) is 27.7 Å². The fourth-order valence-electron chi connectivity index (χ4n) is 2.84. The van der Waals surface area contributed by atoms with Gasteiger partial charge in [-0.05, 0) is 38.1 Å². The monoisotopic (exact) mass is 379 g/mol. The van der Waals surface area contributed by atoms with Crippen molar-refractivity contribution < 1.29 is 14.3 Å². The van der Waals surface area contributed by atoms with E-state index in [-0.39, 0.29) is 23.6 Å². The lowest BCUT2D eigenvalue weighted by Gasteiger charge is -2.08. The Balaban J connectivity index is 1.75. The van der Waals surface area contributed by atoms with Gasteiger partial charge in [-0.1, -0.05) is 30.3 Å². The second kappa shape index (κ2) is 7.96. The molecule has 0 aliphatic carbocycles. The Morgan fingerprint density at radius 3 is 2.46 bits per heavy atom. The van der Waals surface area contributed by atoms with E-state index in [0.717, 1.165) is 0 Å². The molecule has 0 bridgehead atoms. The van der Waals surface area contributed by atoms with Gasteiger partial charge in [0.05, 0.1) is 11.4 Å². The average Bonchev–Trinajstić information content (AvgIpc) is 2.90. The zero-order chi connectivity index (χ0) is 20.3. The van der Waals surface area contributed by atoms with Crippen LogP contribution in [0.2, 0.25) is 0 Å². The Kier molecular flexibility index (Phi) is 5.44. The predicted molar refractivity (Wildman–Crippen MR) is 106 cm³/mol. The van der Waals surface area contributed by atoms with Gasteiger partial charge in [0, 0.05) is 12.6 Å². The SMILES string of the molecule is CC(=O)c1cccc(OCC(=O)Nc2c(C)n(C)n(-c3ccccc3)c2=O)c1. The Morgan fingerprint density at radius 1 is 1.07 bits per heavy atom. The Morgan fingerprint density at radius 2 is 1.79 bits per heavy atom. The molecule has 1 aromatic heterocycles. The van der Waals surface area contributed by atoms with Crippen LogP contribution < -0.4 is 15.6 Å². The van der Waals surface area contributed by atoms with Crippen LogP contribution in [0.5, 0.6) is 5.75 Å². The molecule has 0 saturated carbocycles. The van der Waals surface area contributed by atoms with Crippen LogP contribution in [-0.2, 0) is 11.8 Å². The van der Waals surface area contributed by atoms with Crippen molar-refractivity contribution in [1.82, 2.24) is 9.36 Å². The van der Waals surface area contributed by atoms with E-state index in [0.29, 0.717) is 22.7 Å². The number of rotatable bonds is 6. The standard InChI is InChI=1S/C21H21N3O4/c1-14-20(21(27)24(23(14)3)17-9-5-4-6-10-17)22-19(26)13-28-18-11-7-8-16(12-18)15(2)25/h4-12H,13H2,1-3H3,(H,22,26). The van der Waals surface area contributed by atoms with E-state index in [4.69, 9.17) is 4.74 Å². The van der Waals surface area contributed by atoms with E-state index in [1.807, 2.05) is 30.3 Å². The van der Waals surface area contributed by atoms with E-state index in [9.17, 15) is 14.4 Å². The summed E-state index contributed by atoms with van der Waals surface area (Å²) in [4.78, 5) is 36.5. The summed E-state index contributed by atoms with van der Waals surface area (Å²) in [6.07, 6.45) is 0. The summed E-state index contributed by atoms with van der Waals surface area (Å²) in [6.45, 7) is 2.94. The molecule has 0 aliphatic rings. The van der Waals surface area contributed by atoms with E-state index in [1.165, 1.54) is 11.6 Å². The molecule has 0 aliphatic heterocycles. The van der Waals surface area contributed by atoms with E-state index in [2.05, 4.69) is 5.32 Å². The molecule has 7 heteroatoms. The lowest BCUT2D eigenvalue weighted by Crippen LogP contribution is -2.25. The van der Waals surface area contributed by atoms with Gasteiger partial charge in [0.1, 0.15) is 11.4 Å². The van der Waals surface area contributed by atoms with Crippen molar-refractivity contribution in [3.63, 3.8) is 0 Å². The zero-order valence-electron chi connectivity index (χ0n) is 15.9. The second-order valence-electron chi connectivity index (χ2n) is 6.36. The first kappa shape index (κ1) is 19.2. The third kappa shape index (κ3) is 3.88. The third-order valence-corrected chi connectivity index (χ3v) is 4.43. The minimum Gasteiger partial charge on any atom is -0.484 e. The van der Waals surface area contributed by atoms with Gasteiger partial charge < -0.3 is 10.1 Å². The van der Waals surface area contributed by atoms with Crippen molar-refractivity contribution in [2.45, 2.75) is 13.8 Å². The summed E-state index contributed by atoms with van der Waals surface area (Å²) >= 11 is 0. The Hall–Kier alpha value is -3.61. The lowest BCUT2D eigenvalue weighted by molar-refractivity contribution is -0.118. The van der Waals surface area contributed by atoms with Crippen LogP contribution in [0.3, 0.4) is 0 Å². The normalized spacial score (nSPS) is 10.5. The largest absolute Gasteiger partial charge is 0.484 e. The number of carbonyl (C=O) groups is 2. The third-order valence-electron chi connectivity index (χ3n) is 4.43.